The molecular weight excluding hydrogens is 562 g/mol. The van der Waals surface area contributed by atoms with Crippen LogP contribution >= 0.6 is 23.4 Å². The molecule has 0 aliphatic carbocycles. The number of quaternary nitrogens is 1. The Hall–Kier alpha value is -3.84. The first-order chi connectivity index (χ1) is 20.5. The van der Waals surface area contributed by atoms with E-state index in [4.69, 9.17) is 11.6 Å². The van der Waals surface area contributed by atoms with E-state index in [2.05, 4.69) is 35.6 Å². The topological polar surface area (TPSA) is 53.9 Å². The molecular formula is C35H33ClN3O2S+. The number of halogens is 1. The molecule has 4 aromatic rings. The maximum atomic E-state index is 13.6. The highest BCUT2D eigenvalue weighted by Crippen LogP contribution is 2.42. The maximum absolute atomic E-state index is 13.6. The van der Waals surface area contributed by atoms with Crippen molar-refractivity contribution in [1.82, 2.24) is 5.32 Å². The molecule has 0 aromatic heterocycles. The molecule has 1 saturated heterocycles. The van der Waals surface area contributed by atoms with Gasteiger partial charge in [0.05, 0.1) is 30.2 Å². The minimum atomic E-state index is -0.0544. The summed E-state index contributed by atoms with van der Waals surface area (Å²) in [4.78, 5) is 31.7. The van der Waals surface area contributed by atoms with Crippen LogP contribution in [0.2, 0.25) is 5.02 Å². The summed E-state index contributed by atoms with van der Waals surface area (Å²) in [7, 11) is 0. The van der Waals surface area contributed by atoms with E-state index in [-0.39, 0.29) is 17.9 Å². The van der Waals surface area contributed by atoms with E-state index < -0.39 is 0 Å². The lowest BCUT2D eigenvalue weighted by Gasteiger charge is -2.30. The summed E-state index contributed by atoms with van der Waals surface area (Å²) in [6.07, 6.45) is 3.86. The molecule has 2 aliphatic heterocycles. The Kier molecular flexibility index (Phi) is 8.75. The van der Waals surface area contributed by atoms with E-state index in [9.17, 15) is 9.59 Å². The van der Waals surface area contributed by atoms with Crippen molar-refractivity contribution in [3.63, 3.8) is 0 Å². The van der Waals surface area contributed by atoms with Crippen molar-refractivity contribution in [2.75, 3.05) is 18.0 Å². The standard InChI is InChI=1S/C35H32ClN3O2S/c36-29-10-6-9-27(21-29)24-39-31-11-4-5-12-32(31)42-33(35(39)41)22-25-13-15-28(16-14-25)34(40)37-30-17-19-38(20-18-30)23-26-7-2-1-3-8-26/h1-16,21-22,30H,17-20,23-24H2,(H,37,40)/p+1. The number of rotatable bonds is 7. The number of amides is 2. The normalized spacial score (nSPS) is 19.4. The molecule has 42 heavy (non-hydrogen) atoms. The van der Waals surface area contributed by atoms with Gasteiger partial charge in [-0.25, -0.2) is 0 Å². The Balaban J connectivity index is 1.10. The molecule has 0 bridgehead atoms. The Morgan fingerprint density at radius 3 is 2.38 bits per heavy atom. The van der Waals surface area contributed by atoms with E-state index >= 15 is 0 Å². The molecule has 5 nitrogen and oxygen atoms in total. The van der Waals surface area contributed by atoms with Crippen LogP contribution in [-0.4, -0.2) is 30.9 Å². The third kappa shape index (κ3) is 6.79. The second-order valence-corrected chi connectivity index (χ2v) is 12.4. The highest BCUT2D eigenvalue weighted by atomic mass is 35.5. The Labute approximate surface area is 256 Å². The first-order valence-electron chi connectivity index (χ1n) is 14.3. The fraction of sp³-hybridized carbons (Fsp3) is 0.200. The third-order valence-corrected chi connectivity index (χ3v) is 9.17. The lowest BCUT2D eigenvalue weighted by atomic mass is 10.0. The van der Waals surface area contributed by atoms with Gasteiger partial charge in [0.15, 0.2) is 0 Å². The van der Waals surface area contributed by atoms with E-state index in [1.165, 1.54) is 17.3 Å². The average molecular weight is 595 g/mol. The predicted molar refractivity (Wildman–Crippen MR) is 171 cm³/mol. The van der Waals surface area contributed by atoms with Gasteiger partial charge in [-0.3, -0.25) is 9.59 Å². The summed E-state index contributed by atoms with van der Waals surface area (Å²) in [5.41, 5.74) is 4.73. The van der Waals surface area contributed by atoms with Crippen molar-refractivity contribution in [3.8, 4) is 0 Å². The van der Waals surface area contributed by atoms with Gasteiger partial charge in [0, 0.05) is 39.9 Å². The number of likely N-dealkylation sites (tertiary alicyclic amines) is 1. The first kappa shape index (κ1) is 28.3. The number of carbonyl (C=O) groups excluding carboxylic acids is 2. The molecule has 4 aromatic carbocycles. The molecule has 1 fully saturated rings. The highest BCUT2D eigenvalue weighted by molar-refractivity contribution is 8.04. The number of fused-ring (bicyclic) bond motifs is 1. The predicted octanol–water partition coefficient (Wildman–Crippen LogP) is 6.00. The largest absolute Gasteiger partial charge is 0.349 e. The number of thioether (sulfide) groups is 1. The summed E-state index contributed by atoms with van der Waals surface area (Å²) in [6, 6.07) is 33.8. The van der Waals surface area contributed by atoms with Crippen molar-refractivity contribution in [1.29, 1.82) is 0 Å². The highest BCUT2D eigenvalue weighted by Gasteiger charge is 2.29. The smallest absolute Gasteiger partial charge is 0.265 e. The maximum Gasteiger partial charge on any atom is 0.265 e. The monoisotopic (exact) mass is 594 g/mol. The number of hydrogen-bond acceptors (Lipinski definition) is 3. The third-order valence-electron chi connectivity index (χ3n) is 7.86. The second-order valence-electron chi connectivity index (χ2n) is 10.9. The fourth-order valence-electron chi connectivity index (χ4n) is 5.62. The molecule has 0 radical (unpaired) electrons. The molecule has 0 atom stereocenters. The van der Waals surface area contributed by atoms with Gasteiger partial charge in [-0.15, -0.1) is 0 Å². The van der Waals surface area contributed by atoms with Gasteiger partial charge in [-0.05, 0) is 53.6 Å². The van der Waals surface area contributed by atoms with Gasteiger partial charge in [0.1, 0.15) is 6.54 Å². The molecule has 0 saturated carbocycles. The molecule has 2 amide bonds. The van der Waals surface area contributed by atoms with Crippen LogP contribution in [0.4, 0.5) is 5.69 Å². The Morgan fingerprint density at radius 1 is 0.905 bits per heavy atom. The summed E-state index contributed by atoms with van der Waals surface area (Å²) in [5.74, 6) is -0.100. The van der Waals surface area contributed by atoms with Gasteiger partial charge >= 0.3 is 0 Å². The van der Waals surface area contributed by atoms with Gasteiger partial charge < -0.3 is 15.1 Å². The van der Waals surface area contributed by atoms with E-state index in [0.29, 0.717) is 22.0 Å². The zero-order valence-corrected chi connectivity index (χ0v) is 24.8. The van der Waals surface area contributed by atoms with Crippen molar-refractivity contribution >= 4 is 46.9 Å². The van der Waals surface area contributed by atoms with Crippen molar-refractivity contribution in [2.45, 2.75) is 36.9 Å². The summed E-state index contributed by atoms with van der Waals surface area (Å²) in [6.45, 7) is 3.56. The molecule has 0 spiro atoms. The molecule has 0 unspecified atom stereocenters. The lowest BCUT2D eigenvalue weighted by Crippen LogP contribution is -3.12. The summed E-state index contributed by atoms with van der Waals surface area (Å²) < 4.78 is 0. The second kappa shape index (κ2) is 13.0. The Morgan fingerprint density at radius 2 is 1.62 bits per heavy atom. The van der Waals surface area contributed by atoms with E-state index in [0.717, 1.165) is 54.2 Å². The van der Waals surface area contributed by atoms with Gasteiger partial charge in [0.25, 0.3) is 11.8 Å². The van der Waals surface area contributed by atoms with Crippen LogP contribution in [0.1, 0.15) is 39.9 Å². The quantitative estimate of drug-likeness (QED) is 0.258. The number of piperidine rings is 1. The van der Waals surface area contributed by atoms with Crippen LogP contribution in [0, 0.1) is 0 Å². The van der Waals surface area contributed by atoms with Crippen LogP contribution in [0.25, 0.3) is 6.08 Å². The van der Waals surface area contributed by atoms with Crippen LogP contribution < -0.4 is 15.1 Å². The lowest BCUT2D eigenvalue weighted by molar-refractivity contribution is -0.918. The molecule has 2 aliphatic rings. The molecule has 7 heteroatoms. The van der Waals surface area contributed by atoms with Gasteiger partial charge in [-0.1, -0.05) is 90.1 Å². The fourth-order valence-corrected chi connectivity index (χ4v) is 6.89. The van der Waals surface area contributed by atoms with Crippen LogP contribution in [0.5, 0.6) is 0 Å². The van der Waals surface area contributed by atoms with Crippen LogP contribution in [0.15, 0.2) is 113 Å². The van der Waals surface area contributed by atoms with Crippen molar-refractivity contribution in [3.05, 3.63) is 135 Å². The number of benzene rings is 4. The number of anilines is 1. The van der Waals surface area contributed by atoms with Gasteiger partial charge in [-0.2, -0.15) is 0 Å². The summed E-state index contributed by atoms with van der Waals surface area (Å²) >= 11 is 7.68. The molecule has 6 rings (SSSR count). The van der Waals surface area contributed by atoms with Gasteiger partial charge in [0.2, 0.25) is 0 Å². The first-order valence-corrected chi connectivity index (χ1v) is 15.5. The number of hydrogen-bond donors (Lipinski definition) is 2. The molecule has 2 N–H and O–H groups in total. The van der Waals surface area contributed by atoms with Crippen LogP contribution in [-0.2, 0) is 17.9 Å². The van der Waals surface area contributed by atoms with Crippen molar-refractivity contribution in [2.24, 2.45) is 0 Å². The summed E-state index contributed by atoms with van der Waals surface area (Å²) in [5, 5.41) is 3.88. The number of para-hydroxylation sites is 1. The number of nitrogens with one attached hydrogen (secondary N) is 2. The molecule has 2 heterocycles. The number of carbonyl (C=O) groups is 2. The SMILES string of the molecule is O=C(NC1CC[NH+](Cc2ccccc2)CC1)c1ccc(C=C2Sc3ccccc3N(Cc3cccc(Cl)c3)C2=O)cc1. The van der Waals surface area contributed by atoms with Crippen molar-refractivity contribution < 1.29 is 14.5 Å². The number of nitrogens with zero attached hydrogens (tertiary/aromatic N) is 1. The zero-order valence-electron chi connectivity index (χ0n) is 23.3. The Bertz CT molecular complexity index is 1600. The zero-order chi connectivity index (χ0) is 28.9. The minimum Gasteiger partial charge on any atom is -0.349 e. The van der Waals surface area contributed by atoms with E-state index in [1.807, 2.05) is 78.9 Å². The minimum absolute atomic E-state index is 0.0459. The van der Waals surface area contributed by atoms with E-state index in [1.54, 1.807) is 9.80 Å². The molecule has 212 valence electrons. The average Bonchev–Trinajstić information content (AvgIpc) is 3.01. The van der Waals surface area contributed by atoms with Crippen LogP contribution in [0.3, 0.4) is 0 Å².